The van der Waals surface area contributed by atoms with E-state index in [1.807, 2.05) is 30.3 Å². The quantitative estimate of drug-likeness (QED) is 0.647. The molecule has 0 aliphatic carbocycles. The van der Waals surface area contributed by atoms with E-state index in [4.69, 9.17) is 4.74 Å². The summed E-state index contributed by atoms with van der Waals surface area (Å²) in [6.45, 7) is 0. The third-order valence-corrected chi connectivity index (χ3v) is 2.94. The van der Waals surface area contributed by atoms with E-state index in [0.717, 1.165) is 22.0 Å². The van der Waals surface area contributed by atoms with Gasteiger partial charge in [-0.2, -0.15) is 0 Å². The van der Waals surface area contributed by atoms with Gasteiger partial charge in [0.1, 0.15) is 5.75 Å². The maximum Gasteiger partial charge on any atom is 0.256 e. The lowest BCUT2D eigenvalue weighted by Crippen LogP contribution is -2.06. The van der Waals surface area contributed by atoms with Gasteiger partial charge in [-0.1, -0.05) is 18.2 Å². The van der Waals surface area contributed by atoms with Crippen molar-refractivity contribution in [3.8, 4) is 5.75 Å². The Balaban J connectivity index is 2.57. The van der Waals surface area contributed by atoms with Crippen LogP contribution in [-0.2, 0) is 0 Å². The average Bonchev–Trinajstić information content (AvgIpc) is 2.38. The van der Waals surface area contributed by atoms with E-state index in [2.05, 4.69) is 4.98 Å². The number of aromatic amines is 1. The Morgan fingerprint density at radius 2 is 1.82 bits per heavy atom. The molecule has 1 heterocycles. The number of H-pyrrole nitrogens is 1. The number of fused-ring (bicyclic) bond motifs is 3. The fourth-order valence-corrected chi connectivity index (χ4v) is 2.09. The van der Waals surface area contributed by atoms with E-state index in [1.165, 1.54) is 0 Å². The van der Waals surface area contributed by atoms with Gasteiger partial charge in [0.25, 0.3) is 5.56 Å². The molecule has 0 aliphatic rings. The minimum Gasteiger partial charge on any atom is -0.497 e. The van der Waals surface area contributed by atoms with Gasteiger partial charge in [-0.3, -0.25) is 4.79 Å². The highest BCUT2D eigenvalue weighted by Crippen LogP contribution is 2.24. The van der Waals surface area contributed by atoms with E-state index in [-0.39, 0.29) is 5.56 Å². The molecule has 3 nitrogen and oxygen atoms in total. The van der Waals surface area contributed by atoms with Gasteiger partial charge in [-0.25, -0.2) is 0 Å². The fourth-order valence-electron chi connectivity index (χ4n) is 2.09. The predicted octanol–water partition coefficient (Wildman–Crippen LogP) is 2.69. The van der Waals surface area contributed by atoms with Crippen LogP contribution in [0.15, 0.2) is 47.3 Å². The number of nitrogens with one attached hydrogen (secondary N) is 1. The van der Waals surface area contributed by atoms with E-state index < -0.39 is 0 Å². The third kappa shape index (κ3) is 1.47. The second kappa shape index (κ2) is 3.63. The number of aromatic nitrogens is 1. The zero-order valence-corrected chi connectivity index (χ0v) is 9.36. The number of hydrogen-bond acceptors (Lipinski definition) is 2. The van der Waals surface area contributed by atoms with Crippen LogP contribution in [0, 0.1) is 0 Å². The summed E-state index contributed by atoms with van der Waals surface area (Å²) in [6, 6.07) is 13.2. The molecule has 0 radical (unpaired) electrons. The number of para-hydroxylation sites is 1. The van der Waals surface area contributed by atoms with E-state index in [0.29, 0.717) is 5.39 Å². The first-order valence-electron chi connectivity index (χ1n) is 5.38. The van der Waals surface area contributed by atoms with E-state index >= 15 is 0 Å². The minimum atomic E-state index is -0.0682. The van der Waals surface area contributed by atoms with Crippen molar-refractivity contribution in [2.45, 2.75) is 0 Å². The van der Waals surface area contributed by atoms with Crippen LogP contribution in [0.1, 0.15) is 0 Å². The number of methoxy groups -OCH3 is 1. The average molecular weight is 225 g/mol. The Labute approximate surface area is 97.7 Å². The summed E-state index contributed by atoms with van der Waals surface area (Å²) in [5.41, 5.74) is 0.777. The molecule has 0 atom stereocenters. The molecule has 2 aromatic carbocycles. The molecule has 3 rings (SSSR count). The number of hydrogen-bond donors (Lipinski definition) is 1. The molecule has 0 amide bonds. The smallest absolute Gasteiger partial charge is 0.256 e. The molecule has 0 unspecified atom stereocenters. The van der Waals surface area contributed by atoms with Crippen molar-refractivity contribution in [1.82, 2.24) is 4.98 Å². The van der Waals surface area contributed by atoms with Gasteiger partial charge in [0.2, 0.25) is 0 Å². The van der Waals surface area contributed by atoms with Gasteiger partial charge < -0.3 is 9.72 Å². The van der Waals surface area contributed by atoms with Crippen molar-refractivity contribution in [2.24, 2.45) is 0 Å². The van der Waals surface area contributed by atoms with Gasteiger partial charge in [0.15, 0.2) is 0 Å². The summed E-state index contributed by atoms with van der Waals surface area (Å²) in [7, 11) is 1.62. The van der Waals surface area contributed by atoms with Gasteiger partial charge >= 0.3 is 0 Å². The zero-order valence-electron chi connectivity index (χ0n) is 9.36. The lowest BCUT2D eigenvalue weighted by atomic mass is 10.1. The fraction of sp³-hybridized carbons (Fsp3) is 0.0714. The van der Waals surface area contributed by atoms with Crippen LogP contribution in [0.5, 0.6) is 5.75 Å². The number of benzene rings is 2. The second-order valence-corrected chi connectivity index (χ2v) is 3.91. The highest BCUT2D eigenvalue weighted by molar-refractivity contribution is 6.05. The van der Waals surface area contributed by atoms with Gasteiger partial charge in [-0.15, -0.1) is 0 Å². The standard InChI is InChI=1S/C14H11NO2/c1-17-9-6-7-11-12(8-9)10-4-2-3-5-13(10)15-14(11)16/h2-8H,1H3,(H,15,16). The molecule has 0 spiro atoms. The summed E-state index contributed by atoms with van der Waals surface area (Å²) in [5, 5.41) is 2.63. The Hall–Kier alpha value is -2.29. The molecule has 17 heavy (non-hydrogen) atoms. The first-order chi connectivity index (χ1) is 8.29. The summed E-state index contributed by atoms with van der Waals surface area (Å²) in [5.74, 6) is 0.758. The van der Waals surface area contributed by atoms with Gasteiger partial charge in [-0.05, 0) is 24.3 Å². The van der Waals surface area contributed by atoms with Crippen LogP contribution in [0.3, 0.4) is 0 Å². The van der Waals surface area contributed by atoms with Crippen LogP contribution in [0.2, 0.25) is 0 Å². The molecule has 3 aromatic rings. The normalized spacial score (nSPS) is 10.9. The van der Waals surface area contributed by atoms with Crippen LogP contribution < -0.4 is 10.3 Å². The molecule has 84 valence electrons. The lowest BCUT2D eigenvalue weighted by Gasteiger charge is -2.05. The highest BCUT2D eigenvalue weighted by Gasteiger charge is 2.05. The summed E-state index contributed by atoms with van der Waals surface area (Å²) in [4.78, 5) is 14.8. The van der Waals surface area contributed by atoms with Crippen LogP contribution in [-0.4, -0.2) is 12.1 Å². The SMILES string of the molecule is COc1ccc2c(=O)[nH]c3ccccc3c2c1. The largest absolute Gasteiger partial charge is 0.497 e. The Kier molecular flexibility index (Phi) is 2.11. The topological polar surface area (TPSA) is 42.1 Å². The molecule has 3 heteroatoms. The van der Waals surface area contributed by atoms with E-state index in [1.54, 1.807) is 19.2 Å². The summed E-state index contributed by atoms with van der Waals surface area (Å²) in [6.07, 6.45) is 0. The second-order valence-electron chi connectivity index (χ2n) is 3.91. The van der Waals surface area contributed by atoms with Crippen LogP contribution >= 0.6 is 0 Å². The predicted molar refractivity (Wildman–Crippen MR) is 68.6 cm³/mol. The van der Waals surface area contributed by atoms with Crippen molar-refractivity contribution < 1.29 is 4.74 Å². The van der Waals surface area contributed by atoms with Crippen LogP contribution in [0.25, 0.3) is 21.7 Å². The molecule has 0 aliphatic heterocycles. The molecule has 1 N–H and O–H groups in total. The van der Waals surface area contributed by atoms with Crippen molar-refractivity contribution in [2.75, 3.05) is 7.11 Å². The molecular formula is C14H11NO2. The Bertz CT molecular complexity index is 759. The first kappa shape index (κ1) is 9.90. The Morgan fingerprint density at radius 1 is 1.00 bits per heavy atom. The molecule has 1 aromatic heterocycles. The van der Waals surface area contributed by atoms with E-state index in [9.17, 15) is 4.79 Å². The summed E-state index contributed by atoms with van der Waals surface area (Å²) >= 11 is 0. The number of pyridine rings is 1. The third-order valence-electron chi connectivity index (χ3n) is 2.94. The minimum absolute atomic E-state index is 0.0682. The highest BCUT2D eigenvalue weighted by atomic mass is 16.5. The Morgan fingerprint density at radius 3 is 2.65 bits per heavy atom. The summed E-state index contributed by atoms with van der Waals surface area (Å²) < 4.78 is 5.20. The van der Waals surface area contributed by atoms with Crippen molar-refractivity contribution in [3.05, 3.63) is 52.8 Å². The monoisotopic (exact) mass is 225 g/mol. The van der Waals surface area contributed by atoms with Gasteiger partial charge in [0.05, 0.1) is 7.11 Å². The first-order valence-corrected chi connectivity index (χ1v) is 5.38. The molecule has 0 bridgehead atoms. The molecule has 0 saturated heterocycles. The molecule has 0 saturated carbocycles. The number of rotatable bonds is 1. The van der Waals surface area contributed by atoms with Crippen molar-refractivity contribution in [1.29, 1.82) is 0 Å². The maximum absolute atomic E-state index is 11.9. The molecular weight excluding hydrogens is 214 g/mol. The van der Waals surface area contributed by atoms with Crippen LogP contribution in [0.4, 0.5) is 0 Å². The maximum atomic E-state index is 11.9. The zero-order chi connectivity index (χ0) is 11.8. The van der Waals surface area contributed by atoms with Crippen molar-refractivity contribution in [3.63, 3.8) is 0 Å². The van der Waals surface area contributed by atoms with Gasteiger partial charge in [0, 0.05) is 21.7 Å². The number of ether oxygens (including phenoxy) is 1. The lowest BCUT2D eigenvalue weighted by molar-refractivity contribution is 0.415. The van der Waals surface area contributed by atoms with Crippen molar-refractivity contribution >= 4 is 21.7 Å². The molecule has 0 fully saturated rings.